The van der Waals surface area contributed by atoms with Crippen LogP contribution >= 0.6 is 0 Å². The summed E-state index contributed by atoms with van der Waals surface area (Å²) < 4.78 is 0. The summed E-state index contributed by atoms with van der Waals surface area (Å²) >= 11 is 0. The number of hydrogen-bond acceptors (Lipinski definition) is 3. The number of carbonyl (C=O) groups excluding carboxylic acids is 2. The molecule has 5 nitrogen and oxygen atoms in total. The Kier molecular flexibility index (Phi) is 7.04. The van der Waals surface area contributed by atoms with E-state index in [9.17, 15) is 9.59 Å². The van der Waals surface area contributed by atoms with Crippen LogP contribution in [0.1, 0.15) is 42.4 Å². The second-order valence-corrected chi connectivity index (χ2v) is 8.84. The summed E-state index contributed by atoms with van der Waals surface area (Å²) in [6.07, 6.45) is 4.89. The van der Waals surface area contributed by atoms with Gasteiger partial charge in [-0.3, -0.25) is 9.59 Å². The summed E-state index contributed by atoms with van der Waals surface area (Å²) in [5.41, 5.74) is 2.43. The number of nitrogens with one attached hydrogen (secondary N) is 1. The predicted octanol–water partition coefficient (Wildman–Crippen LogP) is 4.38. The number of likely N-dealkylation sites (N-methyl/N-ethyl adjacent to an activating group) is 1. The lowest BCUT2D eigenvalue weighted by atomic mass is 10.0. The molecule has 5 heteroatoms. The van der Waals surface area contributed by atoms with Gasteiger partial charge in [0.2, 0.25) is 11.8 Å². The molecule has 1 N–H and O–H groups in total. The lowest BCUT2D eigenvalue weighted by Crippen LogP contribution is -2.51. The maximum Gasteiger partial charge on any atom is 0.245 e. The Morgan fingerprint density at radius 2 is 1.73 bits per heavy atom. The zero-order valence-corrected chi connectivity index (χ0v) is 19.0. The Morgan fingerprint density at radius 3 is 2.45 bits per heavy atom. The largest absolute Gasteiger partial charge is 0.344 e. The molecule has 0 unspecified atom stereocenters. The van der Waals surface area contributed by atoms with Crippen molar-refractivity contribution in [3.63, 3.8) is 0 Å². The van der Waals surface area contributed by atoms with Crippen molar-refractivity contribution in [1.29, 1.82) is 5.26 Å². The first kappa shape index (κ1) is 22.5. The molecule has 1 atom stereocenters. The van der Waals surface area contributed by atoms with E-state index >= 15 is 0 Å². The van der Waals surface area contributed by atoms with Gasteiger partial charge in [0.05, 0.1) is 18.1 Å². The number of amides is 2. The van der Waals surface area contributed by atoms with E-state index in [4.69, 9.17) is 5.26 Å². The van der Waals surface area contributed by atoms with Crippen molar-refractivity contribution in [2.75, 3.05) is 7.05 Å². The minimum Gasteiger partial charge on any atom is -0.344 e. The molecule has 0 spiro atoms. The summed E-state index contributed by atoms with van der Waals surface area (Å²) in [6, 6.07) is 22.9. The summed E-state index contributed by atoms with van der Waals surface area (Å²) in [5, 5.41) is 14.2. The van der Waals surface area contributed by atoms with Crippen LogP contribution in [0, 0.1) is 11.3 Å². The highest BCUT2D eigenvalue weighted by atomic mass is 16.2. The highest BCUT2D eigenvalue weighted by molar-refractivity contribution is 5.92. The maximum absolute atomic E-state index is 13.4. The highest BCUT2D eigenvalue weighted by Crippen LogP contribution is 2.23. The summed E-state index contributed by atoms with van der Waals surface area (Å²) in [5.74, 6) is -0.226. The minimum absolute atomic E-state index is 0.0578. The van der Waals surface area contributed by atoms with Gasteiger partial charge in [-0.2, -0.15) is 5.26 Å². The number of fused-ring (bicyclic) bond motifs is 1. The third-order valence-electron chi connectivity index (χ3n) is 6.61. The standard InChI is InChI=1S/C28H29N3O2/c1-31(24-10-3-4-11-24)28(33)26(17-20-13-15-21(19-29)16-14-20)30-27(32)18-23-9-6-8-22-7-2-5-12-25(22)23/h2,5-9,12-16,24,26H,3-4,10-11,17-18H2,1H3,(H,30,32)/t26-/m0/s1. The van der Waals surface area contributed by atoms with Gasteiger partial charge in [-0.1, -0.05) is 67.4 Å². The molecule has 3 aromatic carbocycles. The molecular formula is C28H29N3O2. The lowest BCUT2D eigenvalue weighted by molar-refractivity contribution is -0.136. The van der Waals surface area contributed by atoms with Crippen LogP contribution in [0.25, 0.3) is 10.8 Å². The van der Waals surface area contributed by atoms with Gasteiger partial charge < -0.3 is 10.2 Å². The van der Waals surface area contributed by atoms with Crippen LogP contribution in [0.5, 0.6) is 0 Å². The van der Waals surface area contributed by atoms with Gasteiger partial charge in [0.15, 0.2) is 0 Å². The van der Waals surface area contributed by atoms with Gasteiger partial charge in [0, 0.05) is 19.5 Å². The van der Waals surface area contributed by atoms with E-state index in [0.29, 0.717) is 12.0 Å². The second-order valence-electron chi connectivity index (χ2n) is 8.84. The molecule has 1 aliphatic carbocycles. The van der Waals surface area contributed by atoms with Gasteiger partial charge in [-0.25, -0.2) is 0 Å². The van der Waals surface area contributed by atoms with Crippen LogP contribution < -0.4 is 5.32 Å². The van der Waals surface area contributed by atoms with E-state index in [1.165, 1.54) is 0 Å². The van der Waals surface area contributed by atoms with E-state index in [1.807, 2.05) is 66.5 Å². The molecule has 3 aromatic rings. The van der Waals surface area contributed by atoms with Crippen molar-refractivity contribution in [3.05, 3.63) is 83.4 Å². The van der Waals surface area contributed by atoms with E-state index in [0.717, 1.165) is 47.6 Å². The van der Waals surface area contributed by atoms with Crippen molar-refractivity contribution in [3.8, 4) is 6.07 Å². The Labute approximate surface area is 195 Å². The van der Waals surface area contributed by atoms with E-state index < -0.39 is 6.04 Å². The SMILES string of the molecule is CN(C(=O)[C@H](Cc1ccc(C#N)cc1)NC(=O)Cc1cccc2ccccc12)C1CCCC1. The number of rotatable bonds is 7. The third-order valence-corrected chi connectivity index (χ3v) is 6.61. The molecule has 0 saturated heterocycles. The predicted molar refractivity (Wildman–Crippen MR) is 129 cm³/mol. The number of carbonyl (C=O) groups is 2. The molecular weight excluding hydrogens is 410 g/mol. The molecule has 0 radical (unpaired) electrons. The first-order valence-electron chi connectivity index (χ1n) is 11.6. The van der Waals surface area contributed by atoms with Crippen LogP contribution in [0.3, 0.4) is 0 Å². The second kappa shape index (κ2) is 10.3. The quantitative estimate of drug-likeness (QED) is 0.594. The average molecular weight is 440 g/mol. The fourth-order valence-corrected chi connectivity index (χ4v) is 4.73. The number of nitrogens with zero attached hydrogens (tertiary/aromatic N) is 2. The van der Waals surface area contributed by atoms with E-state index in [1.54, 1.807) is 12.1 Å². The van der Waals surface area contributed by atoms with Gasteiger partial charge in [-0.15, -0.1) is 0 Å². The Morgan fingerprint density at radius 1 is 1.03 bits per heavy atom. The zero-order valence-electron chi connectivity index (χ0n) is 19.0. The van der Waals surface area contributed by atoms with Crippen molar-refractivity contribution in [2.24, 2.45) is 0 Å². The number of nitriles is 1. The molecule has 33 heavy (non-hydrogen) atoms. The molecule has 1 saturated carbocycles. The summed E-state index contributed by atoms with van der Waals surface area (Å²) in [7, 11) is 1.85. The van der Waals surface area contributed by atoms with Crippen LogP contribution in [0.2, 0.25) is 0 Å². The smallest absolute Gasteiger partial charge is 0.245 e. The van der Waals surface area contributed by atoms with Crippen molar-refractivity contribution in [1.82, 2.24) is 10.2 Å². The molecule has 1 fully saturated rings. The fraction of sp³-hybridized carbons (Fsp3) is 0.321. The molecule has 0 heterocycles. The first-order valence-corrected chi connectivity index (χ1v) is 11.6. The Hall–Kier alpha value is -3.65. The van der Waals surface area contributed by atoms with Crippen LogP contribution in [0.4, 0.5) is 0 Å². The summed E-state index contributed by atoms with van der Waals surface area (Å²) in [4.78, 5) is 28.3. The monoisotopic (exact) mass is 439 g/mol. The number of hydrogen-bond donors (Lipinski definition) is 1. The van der Waals surface area contributed by atoms with E-state index in [2.05, 4.69) is 11.4 Å². The minimum atomic E-state index is -0.647. The molecule has 0 aliphatic heterocycles. The lowest BCUT2D eigenvalue weighted by Gasteiger charge is -2.29. The van der Waals surface area contributed by atoms with Crippen LogP contribution in [-0.2, 0) is 22.4 Å². The number of benzene rings is 3. The molecule has 2 amide bonds. The Balaban J connectivity index is 1.53. The normalized spacial score (nSPS) is 14.5. The van der Waals surface area contributed by atoms with Crippen molar-refractivity contribution in [2.45, 2.75) is 50.6 Å². The van der Waals surface area contributed by atoms with Crippen LogP contribution in [0.15, 0.2) is 66.7 Å². The van der Waals surface area contributed by atoms with Gasteiger partial charge in [0.1, 0.15) is 6.04 Å². The highest BCUT2D eigenvalue weighted by Gasteiger charge is 2.30. The summed E-state index contributed by atoms with van der Waals surface area (Å²) in [6.45, 7) is 0. The maximum atomic E-state index is 13.4. The van der Waals surface area contributed by atoms with Crippen molar-refractivity contribution >= 4 is 22.6 Å². The molecule has 1 aliphatic rings. The van der Waals surface area contributed by atoms with E-state index in [-0.39, 0.29) is 24.3 Å². The third kappa shape index (κ3) is 5.40. The van der Waals surface area contributed by atoms with Gasteiger partial charge >= 0.3 is 0 Å². The average Bonchev–Trinajstić information content (AvgIpc) is 3.38. The molecule has 0 bridgehead atoms. The Bertz CT molecular complexity index is 1170. The molecule has 4 rings (SSSR count). The fourth-order valence-electron chi connectivity index (χ4n) is 4.73. The topological polar surface area (TPSA) is 73.2 Å². The van der Waals surface area contributed by atoms with Gasteiger partial charge in [0.25, 0.3) is 0 Å². The van der Waals surface area contributed by atoms with Crippen LogP contribution in [-0.4, -0.2) is 35.8 Å². The molecule has 168 valence electrons. The molecule has 0 aromatic heterocycles. The zero-order chi connectivity index (χ0) is 23.2. The van der Waals surface area contributed by atoms with Crippen molar-refractivity contribution < 1.29 is 9.59 Å². The van der Waals surface area contributed by atoms with Gasteiger partial charge in [-0.05, 0) is 46.9 Å². The first-order chi connectivity index (χ1) is 16.0.